The van der Waals surface area contributed by atoms with Crippen molar-refractivity contribution in [3.8, 4) is 0 Å². The lowest BCUT2D eigenvalue weighted by atomic mass is 9.79. The molecule has 2 aromatic rings. The van der Waals surface area contributed by atoms with Gasteiger partial charge in [0.1, 0.15) is 5.60 Å². The molecule has 1 aromatic heterocycles. The van der Waals surface area contributed by atoms with Crippen LogP contribution in [0.1, 0.15) is 31.0 Å². The van der Waals surface area contributed by atoms with Crippen LogP contribution in [-0.2, 0) is 5.60 Å². The molecular weight excluding hydrogens is 272 g/mol. The largest absolute Gasteiger partial charge is 0.378 e. The van der Waals surface area contributed by atoms with Crippen LogP contribution >= 0.6 is 0 Å². The fourth-order valence-electron chi connectivity index (χ4n) is 3.45. The molecule has 0 bridgehead atoms. The number of benzene rings is 1. The summed E-state index contributed by atoms with van der Waals surface area (Å²) < 4.78 is 0. The molecule has 1 aliphatic heterocycles. The number of likely N-dealkylation sites (tertiary alicyclic amines) is 1. The minimum atomic E-state index is -1.05. The van der Waals surface area contributed by atoms with Gasteiger partial charge < -0.3 is 10.0 Å². The summed E-state index contributed by atoms with van der Waals surface area (Å²) in [5.41, 5.74) is 0.596. The Morgan fingerprint density at radius 2 is 1.77 bits per heavy atom. The third kappa shape index (κ3) is 2.92. The van der Waals surface area contributed by atoms with E-state index >= 15 is 0 Å². The SMILES string of the molecule is C[C@@H](CN1CCCC1)[C@](O)(c1ccccc1)c1ccccn1. The fraction of sp³-hybridized carbons (Fsp3) is 0.421. The Labute approximate surface area is 132 Å². The van der Waals surface area contributed by atoms with E-state index in [9.17, 15) is 5.11 Å². The Hall–Kier alpha value is -1.71. The first-order chi connectivity index (χ1) is 10.7. The van der Waals surface area contributed by atoms with Crippen molar-refractivity contribution in [3.05, 3.63) is 66.0 Å². The van der Waals surface area contributed by atoms with E-state index in [-0.39, 0.29) is 5.92 Å². The Bertz CT molecular complexity index is 539. The van der Waals surface area contributed by atoms with Gasteiger partial charge in [0.2, 0.25) is 0 Å². The molecule has 0 saturated carbocycles. The van der Waals surface area contributed by atoms with E-state index in [1.54, 1.807) is 6.20 Å². The molecule has 22 heavy (non-hydrogen) atoms. The van der Waals surface area contributed by atoms with Crippen LogP contribution < -0.4 is 0 Å². The van der Waals surface area contributed by atoms with E-state index in [1.165, 1.54) is 12.8 Å². The summed E-state index contributed by atoms with van der Waals surface area (Å²) in [6.45, 7) is 5.29. The molecule has 0 aliphatic carbocycles. The maximum Gasteiger partial charge on any atom is 0.135 e. The minimum absolute atomic E-state index is 0.0721. The van der Waals surface area contributed by atoms with Gasteiger partial charge in [-0.15, -0.1) is 0 Å². The zero-order chi connectivity index (χ0) is 15.4. The van der Waals surface area contributed by atoms with Crippen LogP contribution in [0.4, 0.5) is 0 Å². The molecule has 1 aliphatic rings. The van der Waals surface area contributed by atoms with Gasteiger partial charge in [-0.25, -0.2) is 0 Å². The van der Waals surface area contributed by atoms with Crippen molar-refractivity contribution in [1.29, 1.82) is 0 Å². The fourth-order valence-corrected chi connectivity index (χ4v) is 3.45. The Balaban J connectivity index is 1.95. The molecule has 3 rings (SSSR count). The highest BCUT2D eigenvalue weighted by Gasteiger charge is 2.39. The number of aromatic nitrogens is 1. The predicted molar refractivity (Wildman–Crippen MR) is 88.5 cm³/mol. The highest BCUT2D eigenvalue weighted by Crippen LogP contribution is 2.36. The van der Waals surface area contributed by atoms with Gasteiger partial charge in [-0.3, -0.25) is 4.98 Å². The maximum atomic E-state index is 11.6. The number of nitrogens with zero attached hydrogens (tertiary/aromatic N) is 2. The molecule has 0 spiro atoms. The lowest BCUT2D eigenvalue weighted by Crippen LogP contribution is -2.41. The summed E-state index contributed by atoms with van der Waals surface area (Å²) in [6.07, 6.45) is 4.28. The van der Waals surface area contributed by atoms with Gasteiger partial charge in [-0.1, -0.05) is 43.3 Å². The molecule has 1 fully saturated rings. The summed E-state index contributed by atoms with van der Waals surface area (Å²) in [5.74, 6) is 0.0721. The van der Waals surface area contributed by atoms with Crippen molar-refractivity contribution in [2.75, 3.05) is 19.6 Å². The molecule has 2 atom stereocenters. The van der Waals surface area contributed by atoms with Crippen LogP contribution in [0.25, 0.3) is 0 Å². The highest BCUT2D eigenvalue weighted by molar-refractivity contribution is 5.33. The molecule has 0 amide bonds. The lowest BCUT2D eigenvalue weighted by Gasteiger charge is -2.36. The van der Waals surface area contributed by atoms with E-state index in [0.717, 1.165) is 30.9 Å². The molecule has 2 heterocycles. The van der Waals surface area contributed by atoms with Gasteiger partial charge >= 0.3 is 0 Å². The molecule has 1 saturated heterocycles. The number of hydrogen-bond donors (Lipinski definition) is 1. The normalized spacial score (nSPS) is 19.7. The quantitative estimate of drug-likeness (QED) is 0.921. The summed E-state index contributed by atoms with van der Waals surface area (Å²) in [4.78, 5) is 6.90. The molecular formula is C19H24N2O. The van der Waals surface area contributed by atoms with Crippen LogP contribution in [0.2, 0.25) is 0 Å². The van der Waals surface area contributed by atoms with Crippen LogP contribution in [0.5, 0.6) is 0 Å². The molecule has 0 radical (unpaired) electrons. The first-order valence-corrected chi connectivity index (χ1v) is 8.13. The van der Waals surface area contributed by atoms with Gasteiger partial charge in [-0.05, 0) is 43.6 Å². The molecule has 3 heteroatoms. The maximum absolute atomic E-state index is 11.6. The number of rotatable bonds is 5. The first-order valence-electron chi connectivity index (χ1n) is 8.13. The number of hydrogen-bond acceptors (Lipinski definition) is 3. The summed E-state index contributed by atoms with van der Waals surface area (Å²) in [6, 6.07) is 15.7. The van der Waals surface area contributed by atoms with Crippen molar-refractivity contribution < 1.29 is 5.11 Å². The summed E-state index contributed by atoms with van der Waals surface area (Å²) in [7, 11) is 0. The second-order valence-corrected chi connectivity index (χ2v) is 6.26. The standard InChI is InChI=1S/C19H24N2O/c1-16(15-21-13-7-8-14-21)19(22,17-9-3-2-4-10-17)18-11-5-6-12-20-18/h2-6,9-12,16,22H,7-8,13-15H2,1H3/t16-,19-/m0/s1. The Morgan fingerprint density at radius 3 is 2.41 bits per heavy atom. The predicted octanol–water partition coefficient (Wildman–Crippen LogP) is 3.05. The molecule has 116 valence electrons. The van der Waals surface area contributed by atoms with Crippen LogP contribution in [-0.4, -0.2) is 34.6 Å². The van der Waals surface area contributed by atoms with E-state index < -0.39 is 5.60 Å². The van der Waals surface area contributed by atoms with Crippen molar-refractivity contribution in [2.24, 2.45) is 5.92 Å². The topological polar surface area (TPSA) is 36.4 Å². The van der Waals surface area contributed by atoms with Gasteiger partial charge in [0.15, 0.2) is 0 Å². The van der Waals surface area contributed by atoms with Crippen LogP contribution in [0.3, 0.4) is 0 Å². The second-order valence-electron chi connectivity index (χ2n) is 6.26. The average molecular weight is 296 g/mol. The van der Waals surface area contributed by atoms with Crippen molar-refractivity contribution in [1.82, 2.24) is 9.88 Å². The highest BCUT2D eigenvalue weighted by atomic mass is 16.3. The van der Waals surface area contributed by atoms with E-state index in [4.69, 9.17) is 0 Å². The Kier molecular flexibility index (Phi) is 4.55. The number of aliphatic hydroxyl groups is 1. The monoisotopic (exact) mass is 296 g/mol. The zero-order valence-corrected chi connectivity index (χ0v) is 13.2. The third-order valence-corrected chi connectivity index (χ3v) is 4.71. The lowest BCUT2D eigenvalue weighted by molar-refractivity contribution is 0.00663. The van der Waals surface area contributed by atoms with E-state index in [2.05, 4.69) is 16.8 Å². The number of pyridine rings is 1. The van der Waals surface area contributed by atoms with Crippen LogP contribution in [0, 0.1) is 5.92 Å². The van der Waals surface area contributed by atoms with Gasteiger partial charge in [0.25, 0.3) is 0 Å². The van der Waals surface area contributed by atoms with Gasteiger partial charge in [0.05, 0.1) is 5.69 Å². The smallest absolute Gasteiger partial charge is 0.135 e. The summed E-state index contributed by atoms with van der Waals surface area (Å²) in [5, 5.41) is 11.6. The minimum Gasteiger partial charge on any atom is -0.378 e. The molecule has 1 N–H and O–H groups in total. The van der Waals surface area contributed by atoms with Gasteiger partial charge in [0, 0.05) is 18.7 Å². The van der Waals surface area contributed by atoms with Gasteiger partial charge in [-0.2, -0.15) is 0 Å². The van der Waals surface area contributed by atoms with E-state index in [0.29, 0.717) is 0 Å². The average Bonchev–Trinajstić information content (AvgIpc) is 3.08. The van der Waals surface area contributed by atoms with E-state index in [1.807, 2.05) is 48.5 Å². The van der Waals surface area contributed by atoms with Crippen molar-refractivity contribution >= 4 is 0 Å². The van der Waals surface area contributed by atoms with Crippen LogP contribution in [0.15, 0.2) is 54.7 Å². The first kappa shape index (κ1) is 15.2. The van der Waals surface area contributed by atoms with Crippen molar-refractivity contribution in [3.63, 3.8) is 0 Å². The molecule has 0 unspecified atom stereocenters. The van der Waals surface area contributed by atoms with Crippen molar-refractivity contribution in [2.45, 2.75) is 25.4 Å². The Morgan fingerprint density at radius 1 is 1.09 bits per heavy atom. The third-order valence-electron chi connectivity index (χ3n) is 4.71. The zero-order valence-electron chi connectivity index (χ0n) is 13.2. The summed E-state index contributed by atoms with van der Waals surface area (Å²) >= 11 is 0. The molecule has 1 aromatic carbocycles. The second kappa shape index (κ2) is 6.59. The molecule has 3 nitrogen and oxygen atoms in total.